The second kappa shape index (κ2) is 58.5. The summed E-state index contributed by atoms with van der Waals surface area (Å²) < 4.78 is 22.9. The number of allylic oxidation sites excluding steroid dienone is 9. The average molecular weight is 1250 g/mol. The molecule has 12 unspecified atom stereocenters. The molecule has 0 aromatic rings. The third-order valence-corrected chi connectivity index (χ3v) is 17.7. The zero-order valence-electron chi connectivity index (χ0n) is 56.0. The molecule has 0 bridgehead atoms. The number of carbonyl (C=O) groups excluding carboxylic acids is 1. The lowest BCUT2D eigenvalue weighted by atomic mass is 9.97. The fourth-order valence-electron chi connectivity index (χ4n) is 11.9. The highest BCUT2D eigenvalue weighted by molar-refractivity contribution is 5.76. The minimum absolute atomic E-state index is 0.235. The van der Waals surface area contributed by atoms with Gasteiger partial charge in [0.15, 0.2) is 12.6 Å². The Kier molecular flexibility index (Phi) is 54.4. The maximum absolute atomic E-state index is 13.4. The third-order valence-electron chi connectivity index (χ3n) is 17.7. The van der Waals surface area contributed by atoms with Crippen LogP contribution in [0.2, 0.25) is 0 Å². The summed E-state index contributed by atoms with van der Waals surface area (Å²) in [5.74, 6) is -0.235. The molecule has 2 fully saturated rings. The average Bonchev–Trinajstić information content (AvgIpc) is 3.10. The summed E-state index contributed by atoms with van der Waals surface area (Å²) in [7, 11) is 0. The molecule has 0 aromatic heterocycles. The van der Waals surface area contributed by atoms with Gasteiger partial charge in [-0.2, -0.15) is 0 Å². The molecule has 2 aliphatic rings. The number of hydrogen-bond acceptors (Lipinski definition) is 13. The van der Waals surface area contributed by atoms with Crippen LogP contribution >= 0.6 is 0 Å². The van der Waals surface area contributed by atoms with E-state index in [0.717, 1.165) is 64.2 Å². The number of aliphatic hydroxyl groups is 8. The van der Waals surface area contributed by atoms with Crippen LogP contribution in [0.4, 0.5) is 0 Å². The van der Waals surface area contributed by atoms with Gasteiger partial charge in [-0.1, -0.05) is 306 Å². The second-order valence-electron chi connectivity index (χ2n) is 25.7. The number of carbonyl (C=O) groups is 1. The van der Waals surface area contributed by atoms with Crippen LogP contribution < -0.4 is 5.32 Å². The van der Waals surface area contributed by atoms with Crippen molar-refractivity contribution in [3.63, 3.8) is 0 Å². The molecule has 0 saturated carbocycles. The van der Waals surface area contributed by atoms with Crippen LogP contribution in [0, 0.1) is 0 Å². The number of rotatable bonds is 60. The minimum Gasteiger partial charge on any atom is -0.394 e. The van der Waals surface area contributed by atoms with Crippen molar-refractivity contribution in [3.8, 4) is 0 Å². The van der Waals surface area contributed by atoms with Crippen LogP contribution in [0.25, 0.3) is 0 Å². The van der Waals surface area contributed by atoms with E-state index >= 15 is 0 Å². The van der Waals surface area contributed by atoms with Crippen molar-refractivity contribution in [1.29, 1.82) is 0 Å². The summed E-state index contributed by atoms with van der Waals surface area (Å²) >= 11 is 0. The van der Waals surface area contributed by atoms with Gasteiger partial charge in [-0.15, -0.1) is 0 Å². The molecular weight excluding hydrogens is 1110 g/mol. The van der Waals surface area contributed by atoms with Crippen LogP contribution in [0.1, 0.15) is 309 Å². The third kappa shape index (κ3) is 42.0. The SMILES string of the molecule is CC/C=C\C/C=C\C/C=C\C/C=C\CCCCCCCCCCCCCCCCCCCCC(=O)NC(COC1OC(CO)C(OC2OC(CO)C(O)C(O)C2O)C(O)C1O)C(O)/C=C/CCCCCCCCCCCCCCCCCCCCCCC. The van der Waals surface area contributed by atoms with Gasteiger partial charge in [-0.25, -0.2) is 0 Å². The molecule has 2 heterocycles. The van der Waals surface area contributed by atoms with Gasteiger partial charge in [0.1, 0.15) is 48.8 Å². The Balaban J connectivity index is 1.65. The lowest BCUT2D eigenvalue weighted by molar-refractivity contribution is -0.359. The molecule has 0 aromatic carbocycles. The molecule has 0 radical (unpaired) electrons. The van der Waals surface area contributed by atoms with Crippen molar-refractivity contribution in [3.05, 3.63) is 60.8 Å². The Morgan fingerprint density at radius 1 is 0.420 bits per heavy atom. The monoisotopic (exact) mass is 1250 g/mol. The topological polar surface area (TPSA) is 228 Å². The van der Waals surface area contributed by atoms with Crippen LogP contribution in [0.5, 0.6) is 0 Å². The van der Waals surface area contributed by atoms with Gasteiger partial charge in [0.2, 0.25) is 5.91 Å². The van der Waals surface area contributed by atoms with E-state index < -0.39 is 86.8 Å². The number of hydrogen-bond donors (Lipinski definition) is 9. The molecule has 14 heteroatoms. The quantitative estimate of drug-likeness (QED) is 0.0204. The summed E-state index contributed by atoms with van der Waals surface area (Å²) in [4.78, 5) is 13.4. The summed E-state index contributed by atoms with van der Waals surface area (Å²) in [6.45, 7) is 2.73. The van der Waals surface area contributed by atoms with Gasteiger partial charge in [-0.3, -0.25) is 4.79 Å². The lowest BCUT2D eigenvalue weighted by Crippen LogP contribution is -2.65. The van der Waals surface area contributed by atoms with E-state index in [2.05, 4.69) is 67.8 Å². The number of unbranched alkanes of at least 4 members (excludes halogenated alkanes) is 39. The first kappa shape index (κ1) is 81.8. The normalized spacial score (nSPS) is 23.5. The smallest absolute Gasteiger partial charge is 0.220 e. The number of nitrogens with one attached hydrogen (secondary N) is 1. The van der Waals surface area contributed by atoms with Crippen molar-refractivity contribution in [2.75, 3.05) is 19.8 Å². The first-order chi connectivity index (χ1) is 43.1. The summed E-state index contributed by atoms with van der Waals surface area (Å²) in [5.41, 5.74) is 0. The summed E-state index contributed by atoms with van der Waals surface area (Å²) in [6, 6.07) is -0.917. The first-order valence-corrected chi connectivity index (χ1v) is 36.5. The first-order valence-electron chi connectivity index (χ1n) is 36.5. The van der Waals surface area contributed by atoms with Crippen molar-refractivity contribution in [2.45, 2.75) is 383 Å². The molecule has 9 N–H and O–H groups in total. The van der Waals surface area contributed by atoms with Crippen LogP contribution in [-0.4, -0.2) is 140 Å². The van der Waals surface area contributed by atoms with E-state index in [9.17, 15) is 45.6 Å². The summed E-state index contributed by atoms with van der Waals surface area (Å²) in [6.07, 6.45) is 61.3. The standard InChI is InChI=1S/C74H135NO13/c1-3-5-7-9-11-13-15-17-19-21-23-25-27-28-29-30-31-32-33-34-36-38-40-42-44-46-48-50-52-54-56-58-66(79)75-62(61-85-73-71(84)69(82)72(65(60-77)87-73)88-74-70(83)68(81)67(80)64(59-76)86-74)63(78)57-55-53-51-49-47-45-43-41-39-37-35-26-24-22-20-18-16-14-12-10-8-6-4-2/h5,7,11,13,17,19,23,25,55,57,62-65,67-74,76-78,80-84H,3-4,6,8-10,12,14-16,18,20-22,24,26-54,56,58-61H2,1-2H3,(H,75,79)/b7-5-,13-11-,19-17-,25-23-,57-55+. The molecule has 14 nitrogen and oxygen atoms in total. The van der Waals surface area contributed by atoms with E-state index in [1.165, 1.54) is 218 Å². The predicted octanol–water partition coefficient (Wildman–Crippen LogP) is 15.2. The Bertz CT molecular complexity index is 1710. The number of ether oxygens (including phenoxy) is 4. The highest BCUT2D eigenvalue weighted by atomic mass is 16.7. The fraction of sp³-hybridized carbons (Fsp3) is 0.851. The molecule has 2 rings (SSSR count). The zero-order valence-corrected chi connectivity index (χ0v) is 56.0. The minimum atomic E-state index is -1.79. The maximum Gasteiger partial charge on any atom is 0.220 e. The van der Waals surface area contributed by atoms with E-state index in [1.54, 1.807) is 6.08 Å². The highest BCUT2D eigenvalue weighted by Gasteiger charge is 2.51. The Morgan fingerprint density at radius 3 is 1.20 bits per heavy atom. The van der Waals surface area contributed by atoms with E-state index in [0.29, 0.717) is 6.42 Å². The second-order valence-corrected chi connectivity index (χ2v) is 25.7. The molecule has 1 amide bonds. The van der Waals surface area contributed by atoms with Gasteiger partial charge in [0.05, 0.1) is 32.0 Å². The van der Waals surface area contributed by atoms with Crippen molar-refractivity contribution in [2.24, 2.45) is 0 Å². The van der Waals surface area contributed by atoms with Gasteiger partial charge < -0.3 is 65.1 Å². The largest absolute Gasteiger partial charge is 0.394 e. The van der Waals surface area contributed by atoms with Gasteiger partial charge in [-0.05, 0) is 57.8 Å². The molecule has 2 saturated heterocycles. The van der Waals surface area contributed by atoms with Crippen molar-refractivity contribution >= 4 is 5.91 Å². The molecule has 514 valence electrons. The molecule has 0 aliphatic carbocycles. The van der Waals surface area contributed by atoms with Gasteiger partial charge in [0, 0.05) is 6.42 Å². The number of amides is 1. The van der Waals surface area contributed by atoms with E-state index in [-0.39, 0.29) is 18.9 Å². The van der Waals surface area contributed by atoms with Crippen LogP contribution in [-0.2, 0) is 23.7 Å². The maximum atomic E-state index is 13.4. The highest BCUT2D eigenvalue weighted by Crippen LogP contribution is 2.30. The summed E-state index contributed by atoms with van der Waals surface area (Å²) in [5, 5.41) is 87.5. The zero-order chi connectivity index (χ0) is 63.8. The van der Waals surface area contributed by atoms with Crippen LogP contribution in [0.15, 0.2) is 60.8 Å². The van der Waals surface area contributed by atoms with Crippen molar-refractivity contribution < 1.29 is 64.6 Å². The number of aliphatic hydroxyl groups excluding tert-OH is 8. The molecule has 2 aliphatic heterocycles. The fourth-order valence-corrected chi connectivity index (χ4v) is 11.9. The Labute approximate surface area is 536 Å². The van der Waals surface area contributed by atoms with Crippen molar-refractivity contribution in [1.82, 2.24) is 5.32 Å². The molecule has 0 spiro atoms. The van der Waals surface area contributed by atoms with Gasteiger partial charge in [0.25, 0.3) is 0 Å². The Morgan fingerprint density at radius 2 is 0.784 bits per heavy atom. The van der Waals surface area contributed by atoms with Crippen LogP contribution in [0.3, 0.4) is 0 Å². The molecule has 12 atom stereocenters. The van der Waals surface area contributed by atoms with E-state index in [1.807, 2.05) is 6.08 Å². The molecular formula is C74H135NO13. The van der Waals surface area contributed by atoms with E-state index in [4.69, 9.17) is 18.9 Å². The van der Waals surface area contributed by atoms with Gasteiger partial charge >= 0.3 is 0 Å². The molecule has 88 heavy (non-hydrogen) atoms. The Hall–Kier alpha value is -2.31. The predicted molar refractivity (Wildman–Crippen MR) is 360 cm³/mol. The lowest BCUT2D eigenvalue weighted by Gasteiger charge is -2.46.